The first kappa shape index (κ1) is 16.0. The molecule has 24 heavy (non-hydrogen) atoms. The van der Waals surface area contributed by atoms with Gasteiger partial charge in [0.2, 0.25) is 0 Å². The summed E-state index contributed by atoms with van der Waals surface area (Å²) >= 11 is 0. The van der Waals surface area contributed by atoms with Crippen LogP contribution in [0.3, 0.4) is 0 Å². The first-order chi connectivity index (χ1) is 11.3. The molecule has 10 heteroatoms. The Balaban J connectivity index is 2.11. The number of hydrazone groups is 1. The number of aromatic nitrogens is 2. The van der Waals surface area contributed by atoms with Gasteiger partial charge in [-0.25, -0.2) is 19.3 Å². The second kappa shape index (κ2) is 5.62. The first-order valence-corrected chi connectivity index (χ1v) is 6.73. The van der Waals surface area contributed by atoms with Crippen LogP contribution in [0.15, 0.2) is 35.4 Å². The number of cyclic esters (lactones) is 1. The zero-order chi connectivity index (χ0) is 17.5. The minimum Gasteiger partial charge on any atom is -0.439 e. The third-order valence-corrected chi connectivity index (χ3v) is 3.27. The summed E-state index contributed by atoms with van der Waals surface area (Å²) in [6.45, 7) is 1.46. The molecule has 1 aromatic carbocycles. The quantitative estimate of drug-likeness (QED) is 0.854. The van der Waals surface area contributed by atoms with Gasteiger partial charge in [0, 0.05) is 0 Å². The van der Waals surface area contributed by atoms with E-state index in [1.807, 2.05) is 5.43 Å². The molecule has 126 valence electrons. The predicted octanol–water partition coefficient (Wildman–Crippen LogP) is 2.86. The van der Waals surface area contributed by atoms with Crippen LogP contribution in [-0.2, 0) is 10.9 Å². The summed E-state index contributed by atoms with van der Waals surface area (Å²) in [5.74, 6) is -0.582. The second-order valence-electron chi connectivity index (χ2n) is 4.96. The lowest BCUT2D eigenvalue weighted by Crippen LogP contribution is -2.37. The lowest BCUT2D eigenvalue weighted by molar-refractivity contribution is -0.142. The van der Waals surface area contributed by atoms with Crippen molar-refractivity contribution in [3.63, 3.8) is 0 Å². The second-order valence-corrected chi connectivity index (χ2v) is 4.96. The number of nitrogens with zero attached hydrogens (tertiary/aromatic N) is 3. The molecule has 0 radical (unpaired) electrons. The number of carbonyl (C=O) groups is 1. The maximum Gasteiger partial charge on any atom is 0.433 e. The average Bonchev–Trinajstić information content (AvgIpc) is 2.93. The molecule has 1 atom stereocenters. The van der Waals surface area contributed by atoms with E-state index >= 15 is 0 Å². The van der Waals surface area contributed by atoms with E-state index < -0.39 is 29.9 Å². The van der Waals surface area contributed by atoms with E-state index in [9.17, 15) is 22.4 Å². The normalized spacial score (nSPS) is 18.0. The standard InChI is InChI=1S/C14H10F4N4O2/c1-7-12(19-20-13(23)24-7)10-6-11(14(16,17)18)22(21-10)9-4-2-8(15)3-5-9/h2-7H,1H3,(H,20,23). The summed E-state index contributed by atoms with van der Waals surface area (Å²) in [6, 6.07) is 5.19. The van der Waals surface area contributed by atoms with Gasteiger partial charge < -0.3 is 4.74 Å². The van der Waals surface area contributed by atoms with Crippen LogP contribution in [0.1, 0.15) is 18.3 Å². The Morgan fingerprint density at radius 1 is 1.25 bits per heavy atom. The van der Waals surface area contributed by atoms with Crippen molar-refractivity contribution >= 4 is 11.8 Å². The molecule has 0 saturated carbocycles. The van der Waals surface area contributed by atoms with E-state index in [1.165, 1.54) is 19.1 Å². The number of carbonyl (C=O) groups excluding carboxylic acids is 1. The minimum atomic E-state index is -4.69. The Morgan fingerprint density at radius 2 is 1.92 bits per heavy atom. The molecule has 6 nitrogen and oxygen atoms in total. The summed E-state index contributed by atoms with van der Waals surface area (Å²) in [7, 11) is 0. The van der Waals surface area contributed by atoms with Gasteiger partial charge in [-0.05, 0) is 37.3 Å². The van der Waals surface area contributed by atoms with E-state index in [-0.39, 0.29) is 17.1 Å². The molecular formula is C14H10F4N4O2. The van der Waals surface area contributed by atoms with Crippen LogP contribution >= 0.6 is 0 Å². The van der Waals surface area contributed by atoms with Crippen molar-refractivity contribution in [3.8, 4) is 5.69 Å². The Labute approximate surface area is 132 Å². The van der Waals surface area contributed by atoms with Crippen molar-refractivity contribution in [2.45, 2.75) is 19.2 Å². The van der Waals surface area contributed by atoms with Crippen molar-refractivity contribution in [1.82, 2.24) is 15.2 Å². The molecule has 0 aliphatic carbocycles. The van der Waals surface area contributed by atoms with Crippen LogP contribution in [0.5, 0.6) is 0 Å². The van der Waals surface area contributed by atoms with Crippen molar-refractivity contribution in [3.05, 3.63) is 47.5 Å². The number of alkyl halides is 3. The zero-order valence-electron chi connectivity index (χ0n) is 12.1. The molecule has 1 unspecified atom stereocenters. The lowest BCUT2D eigenvalue weighted by atomic mass is 10.1. The molecular weight excluding hydrogens is 332 g/mol. The highest BCUT2D eigenvalue weighted by atomic mass is 19.4. The largest absolute Gasteiger partial charge is 0.439 e. The van der Waals surface area contributed by atoms with Crippen LogP contribution in [0.2, 0.25) is 0 Å². The highest BCUT2D eigenvalue weighted by Crippen LogP contribution is 2.32. The monoisotopic (exact) mass is 342 g/mol. The molecule has 1 amide bonds. The van der Waals surface area contributed by atoms with Gasteiger partial charge in [0.1, 0.15) is 29.0 Å². The molecule has 1 aliphatic rings. The number of ether oxygens (including phenoxy) is 1. The fourth-order valence-electron chi connectivity index (χ4n) is 2.19. The number of benzene rings is 1. The van der Waals surface area contributed by atoms with E-state index in [0.717, 1.165) is 18.2 Å². The zero-order valence-corrected chi connectivity index (χ0v) is 12.1. The van der Waals surface area contributed by atoms with Crippen LogP contribution in [-0.4, -0.2) is 27.7 Å². The Morgan fingerprint density at radius 3 is 2.50 bits per heavy atom. The maximum atomic E-state index is 13.3. The van der Waals surface area contributed by atoms with Crippen LogP contribution in [0.4, 0.5) is 22.4 Å². The third-order valence-electron chi connectivity index (χ3n) is 3.27. The Kier molecular flexibility index (Phi) is 3.74. The van der Waals surface area contributed by atoms with Gasteiger partial charge in [-0.1, -0.05) is 0 Å². The number of amides is 1. The summed E-state index contributed by atoms with van der Waals surface area (Å²) in [6.07, 6.45) is -6.36. The number of hydrogen-bond acceptors (Lipinski definition) is 4. The van der Waals surface area contributed by atoms with Gasteiger partial charge in [-0.15, -0.1) is 0 Å². The van der Waals surface area contributed by atoms with Gasteiger partial charge in [-0.3, -0.25) is 0 Å². The van der Waals surface area contributed by atoms with Gasteiger partial charge in [-0.2, -0.15) is 23.4 Å². The molecule has 1 aromatic heterocycles. The molecule has 0 saturated heterocycles. The van der Waals surface area contributed by atoms with E-state index in [2.05, 4.69) is 10.2 Å². The molecule has 1 aliphatic heterocycles. The summed E-state index contributed by atoms with van der Waals surface area (Å²) in [5.41, 5.74) is 0.925. The van der Waals surface area contributed by atoms with Crippen LogP contribution in [0, 0.1) is 5.82 Å². The molecule has 2 heterocycles. The van der Waals surface area contributed by atoms with Gasteiger partial charge >= 0.3 is 12.3 Å². The van der Waals surface area contributed by atoms with Crippen molar-refractivity contribution < 1.29 is 27.1 Å². The Hall–Kier alpha value is -2.91. The maximum absolute atomic E-state index is 13.3. The van der Waals surface area contributed by atoms with E-state index in [4.69, 9.17) is 4.74 Å². The first-order valence-electron chi connectivity index (χ1n) is 6.73. The third kappa shape index (κ3) is 2.94. The summed E-state index contributed by atoms with van der Waals surface area (Å²) < 4.78 is 58.3. The summed E-state index contributed by atoms with van der Waals surface area (Å²) in [5, 5.41) is 7.58. The number of rotatable bonds is 2. The topological polar surface area (TPSA) is 68.5 Å². The SMILES string of the molecule is CC1OC(=O)NN=C1c1cc(C(F)(F)F)n(-c2ccc(F)cc2)n1. The molecule has 2 aromatic rings. The Bertz CT molecular complexity index is 811. The fourth-order valence-corrected chi connectivity index (χ4v) is 2.19. The van der Waals surface area contributed by atoms with Crippen molar-refractivity contribution in [2.75, 3.05) is 0 Å². The number of hydrogen-bond donors (Lipinski definition) is 1. The van der Waals surface area contributed by atoms with Gasteiger partial charge in [0.15, 0.2) is 0 Å². The van der Waals surface area contributed by atoms with E-state index in [1.54, 1.807) is 0 Å². The van der Waals surface area contributed by atoms with Crippen molar-refractivity contribution in [1.29, 1.82) is 0 Å². The minimum absolute atomic E-state index is 0.0315. The highest BCUT2D eigenvalue weighted by molar-refractivity contribution is 6.04. The van der Waals surface area contributed by atoms with Crippen LogP contribution < -0.4 is 5.43 Å². The number of halogens is 4. The smallest absolute Gasteiger partial charge is 0.433 e. The number of nitrogens with one attached hydrogen (secondary N) is 1. The lowest BCUT2D eigenvalue weighted by Gasteiger charge is -2.18. The molecule has 3 rings (SSSR count). The molecule has 0 spiro atoms. The molecule has 1 N–H and O–H groups in total. The van der Waals surface area contributed by atoms with Gasteiger partial charge in [0.25, 0.3) is 0 Å². The molecule has 0 fully saturated rings. The van der Waals surface area contributed by atoms with E-state index in [0.29, 0.717) is 4.68 Å². The van der Waals surface area contributed by atoms with Crippen LogP contribution in [0.25, 0.3) is 5.69 Å². The molecule has 0 bridgehead atoms. The average molecular weight is 342 g/mol. The summed E-state index contributed by atoms with van der Waals surface area (Å²) in [4.78, 5) is 11.1. The van der Waals surface area contributed by atoms with Gasteiger partial charge in [0.05, 0.1) is 5.69 Å². The predicted molar refractivity (Wildman–Crippen MR) is 74.1 cm³/mol. The fraction of sp³-hybridized carbons (Fsp3) is 0.214. The highest BCUT2D eigenvalue weighted by Gasteiger charge is 2.38. The van der Waals surface area contributed by atoms with Crippen molar-refractivity contribution in [2.24, 2.45) is 5.10 Å².